The van der Waals surface area contributed by atoms with Crippen LogP contribution in [0.5, 0.6) is 0 Å². The standard InChI is InChI=1S/C12H22N2O2S/c1-5-9(3)14-11(15)6-10(12(14)16)13-8(2)7-17-4/h8-10,13H,5-7H2,1-4H3. The fourth-order valence-corrected chi connectivity index (χ4v) is 2.66. The molecule has 17 heavy (non-hydrogen) atoms. The predicted molar refractivity (Wildman–Crippen MR) is 71.0 cm³/mol. The normalized spacial score (nSPS) is 24.2. The van der Waals surface area contributed by atoms with Crippen LogP contribution in [-0.4, -0.2) is 46.8 Å². The molecule has 0 spiro atoms. The summed E-state index contributed by atoms with van der Waals surface area (Å²) >= 11 is 1.73. The second-order valence-electron chi connectivity index (χ2n) is 4.64. The van der Waals surface area contributed by atoms with Crippen LogP contribution in [0, 0.1) is 0 Å². The highest BCUT2D eigenvalue weighted by Crippen LogP contribution is 2.18. The summed E-state index contributed by atoms with van der Waals surface area (Å²) < 4.78 is 0. The predicted octanol–water partition coefficient (Wildman–Crippen LogP) is 1.25. The van der Waals surface area contributed by atoms with Crippen LogP contribution >= 0.6 is 11.8 Å². The van der Waals surface area contributed by atoms with E-state index in [1.807, 2.05) is 27.0 Å². The quantitative estimate of drug-likeness (QED) is 0.729. The summed E-state index contributed by atoms with van der Waals surface area (Å²) in [4.78, 5) is 25.3. The van der Waals surface area contributed by atoms with Gasteiger partial charge in [0.1, 0.15) is 0 Å². The number of thioether (sulfide) groups is 1. The number of carbonyl (C=O) groups excluding carboxylic acids is 2. The van der Waals surface area contributed by atoms with E-state index in [2.05, 4.69) is 5.32 Å². The van der Waals surface area contributed by atoms with Crippen molar-refractivity contribution in [3.05, 3.63) is 0 Å². The maximum absolute atomic E-state index is 12.1. The maximum atomic E-state index is 12.1. The van der Waals surface area contributed by atoms with Gasteiger partial charge in [0.25, 0.3) is 0 Å². The number of carbonyl (C=O) groups is 2. The number of nitrogens with zero attached hydrogens (tertiary/aromatic N) is 1. The number of amides is 2. The Morgan fingerprint density at radius 1 is 1.47 bits per heavy atom. The molecule has 0 saturated carbocycles. The molecule has 3 unspecified atom stereocenters. The second-order valence-corrected chi connectivity index (χ2v) is 5.55. The second kappa shape index (κ2) is 6.40. The first-order valence-corrected chi connectivity index (χ1v) is 7.51. The Kier molecular flexibility index (Phi) is 5.46. The van der Waals surface area contributed by atoms with Gasteiger partial charge in [-0.25, -0.2) is 0 Å². The van der Waals surface area contributed by atoms with Crippen molar-refractivity contribution in [1.82, 2.24) is 10.2 Å². The lowest BCUT2D eigenvalue weighted by Crippen LogP contribution is -2.45. The van der Waals surface area contributed by atoms with Crippen LogP contribution in [0.15, 0.2) is 0 Å². The minimum Gasteiger partial charge on any atom is -0.302 e. The van der Waals surface area contributed by atoms with Gasteiger partial charge in [0.15, 0.2) is 0 Å². The van der Waals surface area contributed by atoms with Gasteiger partial charge in [-0.15, -0.1) is 0 Å². The first kappa shape index (κ1) is 14.5. The average Bonchev–Trinajstić information content (AvgIpc) is 2.54. The summed E-state index contributed by atoms with van der Waals surface area (Å²) in [6, 6.07) is -0.0556. The molecule has 1 fully saturated rings. The highest BCUT2D eigenvalue weighted by Gasteiger charge is 2.40. The molecule has 0 aromatic heterocycles. The van der Waals surface area contributed by atoms with Crippen LogP contribution in [-0.2, 0) is 9.59 Å². The molecule has 1 N–H and O–H groups in total. The van der Waals surface area contributed by atoms with Crippen LogP contribution in [0.3, 0.4) is 0 Å². The fourth-order valence-electron chi connectivity index (χ4n) is 2.07. The Balaban J connectivity index is 2.61. The number of hydrogen-bond donors (Lipinski definition) is 1. The van der Waals surface area contributed by atoms with Gasteiger partial charge in [0, 0.05) is 17.8 Å². The lowest BCUT2D eigenvalue weighted by molar-refractivity contribution is -0.141. The number of nitrogens with one attached hydrogen (secondary N) is 1. The monoisotopic (exact) mass is 258 g/mol. The molecule has 98 valence electrons. The van der Waals surface area contributed by atoms with Crippen LogP contribution < -0.4 is 5.32 Å². The maximum Gasteiger partial charge on any atom is 0.247 e. The molecule has 0 aromatic carbocycles. The Bertz CT molecular complexity index is 296. The fraction of sp³-hybridized carbons (Fsp3) is 0.833. The molecule has 3 atom stereocenters. The first-order chi connectivity index (χ1) is 8.01. The van der Waals surface area contributed by atoms with Crippen LogP contribution in [0.4, 0.5) is 0 Å². The van der Waals surface area contributed by atoms with E-state index in [1.165, 1.54) is 4.90 Å². The number of likely N-dealkylation sites (tertiary alicyclic amines) is 1. The zero-order valence-corrected chi connectivity index (χ0v) is 11.8. The van der Waals surface area contributed by atoms with Gasteiger partial charge in [0.2, 0.25) is 11.8 Å². The highest BCUT2D eigenvalue weighted by atomic mass is 32.2. The van der Waals surface area contributed by atoms with Crippen molar-refractivity contribution in [3.8, 4) is 0 Å². The number of hydrogen-bond acceptors (Lipinski definition) is 4. The van der Waals surface area contributed by atoms with Crippen LogP contribution in [0.25, 0.3) is 0 Å². The number of imide groups is 1. The molecule has 1 aliphatic rings. The third kappa shape index (κ3) is 3.45. The first-order valence-electron chi connectivity index (χ1n) is 6.12. The highest BCUT2D eigenvalue weighted by molar-refractivity contribution is 7.98. The average molecular weight is 258 g/mol. The molecule has 0 aromatic rings. The van der Waals surface area contributed by atoms with E-state index in [0.29, 0.717) is 6.42 Å². The third-order valence-corrected chi connectivity index (χ3v) is 3.95. The summed E-state index contributed by atoms with van der Waals surface area (Å²) in [6.07, 6.45) is 3.15. The summed E-state index contributed by atoms with van der Waals surface area (Å²) in [7, 11) is 0. The van der Waals surface area contributed by atoms with Crippen molar-refractivity contribution < 1.29 is 9.59 Å². The molecule has 1 aliphatic heterocycles. The summed E-state index contributed by atoms with van der Waals surface area (Å²) in [5.74, 6) is 0.844. The third-order valence-electron chi connectivity index (χ3n) is 3.12. The van der Waals surface area contributed by atoms with E-state index in [-0.39, 0.29) is 29.9 Å². The molecular weight excluding hydrogens is 236 g/mol. The molecule has 4 nitrogen and oxygen atoms in total. The molecule has 0 radical (unpaired) electrons. The summed E-state index contributed by atoms with van der Waals surface area (Å²) in [5.41, 5.74) is 0. The van der Waals surface area contributed by atoms with E-state index in [0.717, 1.165) is 12.2 Å². The Morgan fingerprint density at radius 2 is 2.12 bits per heavy atom. The Hall–Kier alpha value is -0.550. The summed E-state index contributed by atoms with van der Waals surface area (Å²) in [5, 5.41) is 3.24. The smallest absolute Gasteiger partial charge is 0.247 e. The molecule has 0 bridgehead atoms. The van der Waals surface area contributed by atoms with Crippen LogP contribution in [0.2, 0.25) is 0 Å². The lowest BCUT2D eigenvalue weighted by Gasteiger charge is -2.22. The van der Waals surface area contributed by atoms with E-state index in [1.54, 1.807) is 11.8 Å². The van der Waals surface area contributed by atoms with Gasteiger partial charge in [0.05, 0.1) is 12.5 Å². The van der Waals surface area contributed by atoms with Gasteiger partial charge < -0.3 is 5.32 Å². The molecular formula is C12H22N2O2S. The van der Waals surface area contributed by atoms with E-state index >= 15 is 0 Å². The van der Waals surface area contributed by atoms with Gasteiger partial charge in [-0.2, -0.15) is 11.8 Å². The zero-order chi connectivity index (χ0) is 13.0. The minimum absolute atomic E-state index is 0.0117. The molecule has 1 rings (SSSR count). The lowest BCUT2D eigenvalue weighted by atomic mass is 10.2. The zero-order valence-electron chi connectivity index (χ0n) is 11.0. The largest absolute Gasteiger partial charge is 0.302 e. The van der Waals surface area contributed by atoms with Gasteiger partial charge >= 0.3 is 0 Å². The molecule has 0 aliphatic carbocycles. The minimum atomic E-state index is -0.321. The van der Waals surface area contributed by atoms with Crippen LogP contribution in [0.1, 0.15) is 33.6 Å². The topological polar surface area (TPSA) is 49.4 Å². The van der Waals surface area contributed by atoms with Crippen molar-refractivity contribution in [2.24, 2.45) is 0 Å². The van der Waals surface area contributed by atoms with Gasteiger partial charge in [-0.1, -0.05) is 6.92 Å². The molecule has 1 saturated heterocycles. The number of rotatable bonds is 6. The molecule has 2 amide bonds. The molecule has 1 heterocycles. The van der Waals surface area contributed by atoms with Gasteiger partial charge in [-0.05, 0) is 26.5 Å². The molecule has 5 heteroatoms. The summed E-state index contributed by atoms with van der Waals surface area (Å²) in [6.45, 7) is 5.95. The van der Waals surface area contributed by atoms with Crippen molar-refractivity contribution in [2.45, 2.75) is 51.7 Å². The van der Waals surface area contributed by atoms with Crippen molar-refractivity contribution in [2.75, 3.05) is 12.0 Å². The SMILES string of the molecule is CCC(C)N1C(=O)CC(NC(C)CSC)C1=O. The van der Waals surface area contributed by atoms with E-state index in [4.69, 9.17) is 0 Å². The Labute approximate surface area is 108 Å². The van der Waals surface area contributed by atoms with Crippen molar-refractivity contribution >= 4 is 23.6 Å². The Morgan fingerprint density at radius 3 is 2.65 bits per heavy atom. The van der Waals surface area contributed by atoms with Crippen molar-refractivity contribution in [3.63, 3.8) is 0 Å². The van der Waals surface area contributed by atoms with Gasteiger partial charge in [-0.3, -0.25) is 14.5 Å². The van der Waals surface area contributed by atoms with E-state index in [9.17, 15) is 9.59 Å². The van der Waals surface area contributed by atoms with E-state index < -0.39 is 0 Å². The van der Waals surface area contributed by atoms with Crippen molar-refractivity contribution in [1.29, 1.82) is 0 Å².